The van der Waals surface area contributed by atoms with E-state index in [1.807, 2.05) is 51.3 Å². The third kappa shape index (κ3) is 6.45. The summed E-state index contributed by atoms with van der Waals surface area (Å²) in [5.41, 5.74) is -0.571. The zero-order valence-corrected chi connectivity index (χ0v) is 19.3. The topological polar surface area (TPSA) is 47.1 Å². The summed E-state index contributed by atoms with van der Waals surface area (Å²) in [6, 6.07) is 0. The molecule has 0 saturated carbocycles. The fraction of sp³-hybridized carbons (Fsp3) is 0.909. The van der Waals surface area contributed by atoms with Crippen molar-refractivity contribution in [3.63, 3.8) is 0 Å². The lowest BCUT2D eigenvalue weighted by molar-refractivity contribution is -0.141. The van der Waals surface area contributed by atoms with Crippen molar-refractivity contribution in [3.05, 3.63) is 0 Å². The first-order chi connectivity index (χ1) is 12.9. The summed E-state index contributed by atoms with van der Waals surface area (Å²) in [6.07, 6.45) is 0. The van der Waals surface area contributed by atoms with E-state index in [4.69, 9.17) is 0 Å². The minimum absolute atomic E-state index is 0.267. The largest absolute Gasteiger partial charge is 0.340 e. The van der Waals surface area contributed by atoms with Gasteiger partial charge in [0.1, 0.15) is 0 Å². The average molecular weight is 395 g/mol. The van der Waals surface area contributed by atoms with Gasteiger partial charge < -0.3 is 9.80 Å². The lowest BCUT2D eigenvalue weighted by Gasteiger charge is -2.40. The van der Waals surface area contributed by atoms with E-state index in [1.54, 1.807) is 0 Å². The molecule has 0 aromatic heterocycles. The number of hydrogen-bond acceptors (Lipinski definition) is 4. The number of amides is 2. The van der Waals surface area contributed by atoms with E-state index in [0.29, 0.717) is 5.92 Å². The summed E-state index contributed by atoms with van der Waals surface area (Å²) in [4.78, 5) is 33.9. The highest BCUT2D eigenvalue weighted by atomic mass is 16.2. The van der Waals surface area contributed by atoms with Gasteiger partial charge in [-0.3, -0.25) is 19.4 Å². The molecular formula is C22H42N4O2. The van der Waals surface area contributed by atoms with Crippen molar-refractivity contribution < 1.29 is 9.59 Å². The van der Waals surface area contributed by atoms with E-state index < -0.39 is 0 Å². The number of carbonyl (C=O) groups is 2. The highest BCUT2D eigenvalue weighted by molar-refractivity contribution is 5.82. The van der Waals surface area contributed by atoms with Crippen LogP contribution in [0.5, 0.6) is 0 Å². The Morgan fingerprint density at radius 3 is 1.18 bits per heavy atom. The molecule has 2 fully saturated rings. The third-order valence-corrected chi connectivity index (χ3v) is 5.74. The molecule has 6 heteroatoms. The Balaban J connectivity index is 1.69. The Kier molecular flexibility index (Phi) is 7.54. The van der Waals surface area contributed by atoms with Crippen molar-refractivity contribution >= 4 is 11.8 Å². The second-order valence-corrected chi connectivity index (χ2v) is 10.8. The van der Waals surface area contributed by atoms with Crippen LogP contribution in [0.4, 0.5) is 0 Å². The molecular weight excluding hydrogens is 352 g/mol. The molecule has 2 aliphatic heterocycles. The normalized spacial score (nSPS) is 20.7. The molecule has 6 nitrogen and oxygen atoms in total. The van der Waals surface area contributed by atoms with Gasteiger partial charge >= 0.3 is 0 Å². The van der Waals surface area contributed by atoms with Gasteiger partial charge in [-0.2, -0.15) is 0 Å². The van der Waals surface area contributed by atoms with E-state index in [0.717, 1.165) is 65.4 Å². The fourth-order valence-electron chi connectivity index (χ4n) is 4.16. The third-order valence-electron chi connectivity index (χ3n) is 5.74. The van der Waals surface area contributed by atoms with Crippen LogP contribution in [0.2, 0.25) is 0 Å². The van der Waals surface area contributed by atoms with Crippen LogP contribution in [0.15, 0.2) is 0 Å². The Morgan fingerprint density at radius 2 is 0.929 bits per heavy atom. The smallest absolute Gasteiger partial charge is 0.228 e. The van der Waals surface area contributed by atoms with Crippen LogP contribution in [0.25, 0.3) is 0 Å². The molecule has 28 heavy (non-hydrogen) atoms. The standard InChI is InChI=1S/C22H42N4O2/c1-18(16-23-8-12-25(13-9-23)19(27)21(2,3)4)17-24-10-14-26(15-11-24)20(28)22(5,6)7/h18H,8-17H2,1-7H3. The van der Waals surface area contributed by atoms with Gasteiger partial charge in [0.25, 0.3) is 0 Å². The molecule has 0 aromatic rings. The van der Waals surface area contributed by atoms with Crippen molar-refractivity contribution in [3.8, 4) is 0 Å². The minimum atomic E-state index is -0.286. The Labute approximate surface area is 172 Å². The van der Waals surface area contributed by atoms with Gasteiger partial charge in [0.05, 0.1) is 0 Å². The van der Waals surface area contributed by atoms with Crippen LogP contribution in [-0.2, 0) is 9.59 Å². The Morgan fingerprint density at radius 1 is 0.643 bits per heavy atom. The summed E-state index contributed by atoms with van der Waals surface area (Å²) in [6.45, 7) is 23.7. The molecule has 162 valence electrons. The quantitative estimate of drug-likeness (QED) is 0.732. The molecule has 2 saturated heterocycles. The predicted octanol–water partition coefficient (Wildman–Crippen LogP) is 2.00. The van der Waals surface area contributed by atoms with E-state index in [1.165, 1.54) is 0 Å². The maximum atomic E-state index is 12.4. The minimum Gasteiger partial charge on any atom is -0.340 e. The van der Waals surface area contributed by atoms with Gasteiger partial charge in [-0.05, 0) is 5.92 Å². The van der Waals surface area contributed by atoms with Crippen molar-refractivity contribution in [2.75, 3.05) is 65.4 Å². The zero-order chi connectivity index (χ0) is 21.1. The van der Waals surface area contributed by atoms with E-state index in [2.05, 4.69) is 16.7 Å². The van der Waals surface area contributed by atoms with E-state index >= 15 is 0 Å². The van der Waals surface area contributed by atoms with Gasteiger partial charge in [0.15, 0.2) is 0 Å². The van der Waals surface area contributed by atoms with Crippen LogP contribution < -0.4 is 0 Å². The summed E-state index contributed by atoms with van der Waals surface area (Å²) in [5, 5.41) is 0. The van der Waals surface area contributed by atoms with E-state index in [-0.39, 0.29) is 22.6 Å². The molecule has 0 aliphatic carbocycles. The van der Waals surface area contributed by atoms with Crippen molar-refractivity contribution in [2.24, 2.45) is 16.7 Å². The number of hydrogen-bond donors (Lipinski definition) is 0. The van der Waals surface area contributed by atoms with Crippen LogP contribution in [0, 0.1) is 16.7 Å². The molecule has 0 radical (unpaired) electrons. The van der Waals surface area contributed by atoms with Crippen LogP contribution in [0.1, 0.15) is 48.5 Å². The first-order valence-corrected chi connectivity index (χ1v) is 10.9. The molecule has 2 amide bonds. The monoisotopic (exact) mass is 394 g/mol. The first kappa shape index (κ1) is 23.1. The highest BCUT2D eigenvalue weighted by Crippen LogP contribution is 2.20. The molecule has 0 N–H and O–H groups in total. The van der Waals surface area contributed by atoms with Crippen molar-refractivity contribution in [1.82, 2.24) is 19.6 Å². The van der Waals surface area contributed by atoms with Crippen LogP contribution in [-0.4, -0.2) is 96.9 Å². The molecule has 2 aliphatic rings. The molecule has 0 unspecified atom stereocenters. The highest BCUT2D eigenvalue weighted by Gasteiger charge is 2.31. The molecule has 0 aromatic carbocycles. The lowest BCUT2D eigenvalue weighted by Crippen LogP contribution is -2.54. The van der Waals surface area contributed by atoms with Crippen molar-refractivity contribution in [1.29, 1.82) is 0 Å². The molecule has 2 heterocycles. The van der Waals surface area contributed by atoms with Crippen LogP contribution >= 0.6 is 0 Å². The zero-order valence-electron chi connectivity index (χ0n) is 19.3. The summed E-state index contributed by atoms with van der Waals surface area (Å²) < 4.78 is 0. The number of rotatable bonds is 4. The predicted molar refractivity (Wildman–Crippen MR) is 114 cm³/mol. The maximum Gasteiger partial charge on any atom is 0.228 e. The van der Waals surface area contributed by atoms with Gasteiger partial charge in [0.2, 0.25) is 11.8 Å². The van der Waals surface area contributed by atoms with Gasteiger partial charge in [0, 0.05) is 76.3 Å². The Hall–Kier alpha value is -1.14. The molecule has 0 spiro atoms. The van der Waals surface area contributed by atoms with Crippen molar-refractivity contribution in [2.45, 2.75) is 48.5 Å². The summed E-state index contributed by atoms with van der Waals surface area (Å²) in [5.74, 6) is 1.13. The molecule has 0 atom stereocenters. The summed E-state index contributed by atoms with van der Waals surface area (Å²) >= 11 is 0. The van der Waals surface area contributed by atoms with Crippen LogP contribution in [0.3, 0.4) is 0 Å². The first-order valence-electron chi connectivity index (χ1n) is 10.9. The average Bonchev–Trinajstić information content (AvgIpc) is 2.60. The van der Waals surface area contributed by atoms with Gasteiger partial charge in [-0.1, -0.05) is 48.5 Å². The number of nitrogens with zero attached hydrogens (tertiary/aromatic N) is 4. The van der Waals surface area contributed by atoms with E-state index in [9.17, 15) is 9.59 Å². The lowest BCUT2D eigenvalue weighted by atomic mass is 9.94. The number of piperazine rings is 2. The van der Waals surface area contributed by atoms with Gasteiger partial charge in [-0.25, -0.2) is 0 Å². The second kappa shape index (κ2) is 9.12. The van der Waals surface area contributed by atoms with Gasteiger partial charge in [-0.15, -0.1) is 0 Å². The SMILES string of the molecule is CC(CN1CCN(C(=O)C(C)(C)C)CC1)CN1CCN(C(=O)C(C)(C)C)CC1. The fourth-order valence-corrected chi connectivity index (χ4v) is 4.16. The maximum absolute atomic E-state index is 12.4. The second-order valence-electron chi connectivity index (χ2n) is 10.8. The molecule has 0 bridgehead atoms. The Bertz CT molecular complexity index is 486. The summed E-state index contributed by atoms with van der Waals surface area (Å²) in [7, 11) is 0. The number of carbonyl (C=O) groups excluding carboxylic acids is 2. The molecule has 2 rings (SSSR count).